The van der Waals surface area contributed by atoms with Crippen LogP contribution in [0.5, 0.6) is 0 Å². The standard InChI is InChI=1S/C5H10OS2/c6-5(8-7)3-4-1-2-4/h4-7H,1-3H2. The number of aliphatic hydroxyl groups is 1. The molecule has 1 rings (SSSR count). The molecule has 1 fully saturated rings. The third kappa shape index (κ3) is 2.29. The van der Waals surface area contributed by atoms with Gasteiger partial charge in [0.15, 0.2) is 0 Å². The van der Waals surface area contributed by atoms with Gasteiger partial charge in [-0.3, -0.25) is 0 Å². The van der Waals surface area contributed by atoms with Crippen LogP contribution < -0.4 is 0 Å². The number of hydrogen-bond donors (Lipinski definition) is 2. The summed E-state index contributed by atoms with van der Waals surface area (Å²) >= 11 is 3.88. The number of rotatable bonds is 3. The summed E-state index contributed by atoms with van der Waals surface area (Å²) in [7, 11) is 1.24. The van der Waals surface area contributed by atoms with Gasteiger partial charge in [-0.2, -0.15) is 0 Å². The number of hydrogen-bond acceptors (Lipinski definition) is 3. The summed E-state index contributed by atoms with van der Waals surface area (Å²) in [5.74, 6) is 0.810. The van der Waals surface area contributed by atoms with Crippen molar-refractivity contribution >= 4 is 22.5 Å². The third-order valence-electron chi connectivity index (χ3n) is 1.35. The van der Waals surface area contributed by atoms with Crippen LogP contribution in [0.1, 0.15) is 19.3 Å². The second kappa shape index (κ2) is 2.99. The lowest BCUT2D eigenvalue weighted by Gasteiger charge is -2.01. The average molecular weight is 150 g/mol. The number of aliphatic hydroxyl groups excluding tert-OH is 1. The van der Waals surface area contributed by atoms with Crippen molar-refractivity contribution < 1.29 is 5.11 Å². The Bertz CT molecular complexity index is 72.8. The molecule has 0 bridgehead atoms. The molecular formula is C5H10OS2. The van der Waals surface area contributed by atoms with Crippen LogP contribution in [0.3, 0.4) is 0 Å². The predicted octanol–water partition coefficient (Wildman–Crippen LogP) is 1.68. The van der Waals surface area contributed by atoms with E-state index >= 15 is 0 Å². The highest BCUT2D eigenvalue weighted by Crippen LogP contribution is 2.36. The molecule has 3 heteroatoms. The molecule has 1 aliphatic carbocycles. The molecule has 1 saturated carbocycles. The maximum Gasteiger partial charge on any atom is 0.109 e. The highest BCUT2D eigenvalue weighted by atomic mass is 33.1. The average Bonchev–Trinajstić information content (AvgIpc) is 2.50. The van der Waals surface area contributed by atoms with Gasteiger partial charge < -0.3 is 5.11 Å². The molecule has 0 aromatic carbocycles. The predicted molar refractivity (Wildman–Crippen MR) is 39.9 cm³/mol. The summed E-state index contributed by atoms with van der Waals surface area (Å²) in [5.41, 5.74) is -0.231. The highest BCUT2D eigenvalue weighted by molar-refractivity contribution is 8.68. The van der Waals surface area contributed by atoms with Crippen LogP contribution in [0.2, 0.25) is 0 Å². The molecule has 0 aromatic rings. The van der Waals surface area contributed by atoms with Gasteiger partial charge in [0.05, 0.1) is 0 Å². The first kappa shape index (κ1) is 6.78. The highest BCUT2D eigenvalue weighted by Gasteiger charge is 2.23. The van der Waals surface area contributed by atoms with E-state index in [4.69, 9.17) is 5.11 Å². The van der Waals surface area contributed by atoms with Gasteiger partial charge in [0.25, 0.3) is 0 Å². The summed E-state index contributed by atoms with van der Waals surface area (Å²) < 4.78 is 0. The van der Waals surface area contributed by atoms with Crippen LogP contribution in [0.4, 0.5) is 0 Å². The minimum atomic E-state index is -0.231. The fourth-order valence-electron chi connectivity index (χ4n) is 0.682. The van der Waals surface area contributed by atoms with Crippen LogP contribution in [0, 0.1) is 5.92 Å². The molecule has 0 aromatic heterocycles. The quantitative estimate of drug-likeness (QED) is 0.363. The topological polar surface area (TPSA) is 20.2 Å². The maximum absolute atomic E-state index is 8.95. The van der Waals surface area contributed by atoms with Crippen molar-refractivity contribution in [3.63, 3.8) is 0 Å². The maximum atomic E-state index is 8.95. The summed E-state index contributed by atoms with van der Waals surface area (Å²) in [5, 5.41) is 8.95. The Balaban J connectivity index is 1.98. The molecule has 48 valence electrons. The van der Waals surface area contributed by atoms with Gasteiger partial charge in [-0.25, -0.2) is 0 Å². The van der Waals surface area contributed by atoms with Gasteiger partial charge in [-0.15, -0.1) is 11.7 Å². The lowest BCUT2D eigenvalue weighted by atomic mass is 10.3. The molecule has 0 saturated heterocycles. The van der Waals surface area contributed by atoms with Gasteiger partial charge in [0, 0.05) is 0 Å². The molecule has 0 heterocycles. The van der Waals surface area contributed by atoms with E-state index in [0.717, 1.165) is 12.3 Å². The van der Waals surface area contributed by atoms with Crippen molar-refractivity contribution in [3.8, 4) is 0 Å². The van der Waals surface area contributed by atoms with Crippen molar-refractivity contribution in [1.82, 2.24) is 0 Å². The summed E-state index contributed by atoms with van der Waals surface area (Å²) in [4.78, 5) is 0. The van der Waals surface area contributed by atoms with Gasteiger partial charge in [-0.05, 0) is 12.3 Å². The first-order chi connectivity index (χ1) is 3.83. The van der Waals surface area contributed by atoms with E-state index < -0.39 is 0 Å². The molecule has 1 aliphatic rings. The molecule has 0 radical (unpaired) electrons. The summed E-state index contributed by atoms with van der Waals surface area (Å²) in [6.45, 7) is 0. The van der Waals surface area contributed by atoms with Crippen molar-refractivity contribution in [2.45, 2.75) is 24.7 Å². The molecule has 1 nitrogen and oxygen atoms in total. The van der Waals surface area contributed by atoms with Gasteiger partial charge in [-0.1, -0.05) is 23.6 Å². The van der Waals surface area contributed by atoms with E-state index in [-0.39, 0.29) is 5.44 Å². The van der Waals surface area contributed by atoms with E-state index in [2.05, 4.69) is 11.7 Å². The van der Waals surface area contributed by atoms with Crippen LogP contribution in [-0.2, 0) is 0 Å². The van der Waals surface area contributed by atoms with Gasteiger partial charge in [0.2, 0.25) is 0 Å². The molecule has 1 unspecified atom stereocenters. The monoisotopic (exact) mass is 150 g/mol. The van der Waals surface area contributed by atoms with E-state index in [0.29, 0.717) is 0 Å². The lowest BCUT2D eigenvalue weighted by molar-refractivity contribution is 0.246. The zero-order chi connectivity index (χ0) is 5.98. The fraction of sp³-hybridized carbons (Fsp3) is 1.00. The molecule has 0 amide bonds. The SMILES string of the molecule is OC(CC1CC1)SS. The molecular weight excluding hydrogens is 140 g/mol. The van der Waals surface area contributed by atoms with E-state index in [1.54, 1.807) is 0 Å². The molecule has 0 aliphatic heterocycles. The molecule has 1 atom stereocenters. The van der Waals surface area contributed by atoms with Crippen molar-refractivity contribution in [3.05, 3.63) is 0 Å². The smallest absolute Gasteiger partial charge is 0.109 e. The van der Waals surface area contributed by atoms with Gasteiger partial charge >= 0.3 is 0 Å². The minimum Gasteiger partial charge on any atom is -0.382 e. The normalized spacial score (nSPS) is 23.2. The lowest BCUT2D eigenvalue weighted by Crippen LogP contribution is -1.97. The van der Waals surface area contributed by atoms with Crippen molar-refractivity contribution in [2.75, 3.05) is 0 Å². The Morgan fingerprint density at radius 3 is 2.75 bits per heavy atom. The van der Waals surface area contributed by atoms with Crippen molar-refractivity contribution in [2.24, 2.45) is 5.92 Å². The first-order valence-electron chi connectivity index (χ1n) is 2.81. The van der Waals surface area contributed by atoms with Crippen molar-refractivity contribution in [1.29, 1.82) is 0 Å². The Morgan fingerprint density at radius 1 is 1.75 bits per heavy atom. The van der Waals surface area contributed by atoms with E-state index in [9.17, 15) is 0 Å². The molecule has 0 spiro atoms. The zero-order valence-electron chi connectivity index (χ0n) is 4.58. The van der Waals surface area contributed by atoms with Crippen LogP contribution in [0.15, 0.2) is 0 Å². The molecule has 1 N–H and O–H groups in total. The first-order valence-corrected chi connectivity index (χ1v) is 4.74. The zero-order valence-corrected chi connectivity index (χ0v) is 6.29. The second-order valence-corrected chi connectivity index (χ2v) is 3.63. The number of thiol groups is 1. The third-order valence-corrected chi connectivity index (χ3v) is 2.52. The Labute approximate surface area is 58.7 Å². The largest absolute Gasteiger partial charge is 0.382 e. The Hall–Kier alpha value is 0.660. The van der Waals surface area contributed by atoms with Crippen LogP contribution >= 0.6 is 22.5 Å². The van der Waals surface area contributed by atoms with Crippen LogP contribution in [0.25, 0.3) is 0 Å². The van der Waals surface area contributed by atoms with E-state index in [1.807, 2.05) is 0 Å². The second-order valence-electron chi connectivity index (χ2n) is 2.24. The Morgan fingerprint density at radius 2 is 2.38 bits per heavy atom. The fourth-order valence-corrected chi connectivity index (χ4v) is 1.30. The minimum absolute atomic E-state index is 0.231. The summed E-state index contributed by atoms with van der Waals surface area (Å²) in [6.07, 6.45) is 3.56. The molecule has 8 heavy (non-hydrogen) atoms. The van der Waals surface area contributed by atoms with E-state index in [1.165, 1.54) is 23.6 Å². The van der Waals surface area contributed by atoms with Crippen LogP contribution in [-0.4, -0.2) is 10.5 Å². The van der Waals surface area contributed by atoms with Gasteiger partial charge in [0.1, 0.15) is 5.44 Å². The Kier molecular flexibility index (Phi) is 2.53. The summed E-state index contributed by atoms with van der Waals surface area (Å²) in [6, 6.07) is 0.